The Morgan fingerprint density at radius 3 is 2.64 bits per heavy atom. The zero-order chi connectivity index (χ0) is 10.4. The van der Waals surface area contributed by atoms with Gasteiger partial charge in [-0.1, -0.05) is 30.8 Å². The average Bonchev–Trinajstić information content (AvgIpc) is 2.26. The summed E-state index contributed by atoms with van der Waals surface area (Å²) < 4.78 is 0. The molecule has 0 aromatic heterocycles. The summed E-state index contributed by atoms with van der Waals surface area (Å²) in [7, 11) is 0. The lowest BCUT2D eigenvalue weighted by Gasteiger charge is -2.06. The van der Waals surface area contributed by atoms with Crippen molar-refractivity contribution < 1.29 is 9.90 Å². The molecule has 0 atom stereocenters. The SMILES string of the molecule is C=CC(=O)NCc1ccccc1CO. The Morgan fingerprint density at radius 2 is 2.07 bits per heavy atom. The molecule has 1 amide bonds. The third-order valence-corrected chi connectivity index (χ3v) is 1.93. The van der Waals surface area contributed by atoms with Crippen LogP contribution in [0.15, 0.2) is 36.9 Å². The zero-order valence-corrected chi connectivity index (χ0v) is 7.86. The fraction of sp³-hybridized carbons (Fsp3) is 0.182. The fourth-order valence-corrected chi connectivity index (χ4v) is 1.14. The van der Waals surface area contributed by atoms with Crippen molar-refractivity contribution in [2.75, 3.05) is 0 Å². The van der Waals surface area contributed by atoms with Gasteiger partial charge < -0.3 is 10.4 Å². The Bertz CT molecular complexity index is 334. The summed E-state index contributed by atoms with van der Waals surface area (Å²) in [5.41, 5.74) is 1.75. The molecule has 0 heterocycles. The van der Waals surface area contributed by atoms with Gasteiger partial charge in [0.1, 0.15) is 0 Å². The average molecular weight is 191 g/mol. The summed E-state index contributed by atoms with van der Waals surface area (Å²) in [5.74, 6) is -0.210. The van der Waals surface area contributed by atoms with Crippen molar-refractivity contribution in [1.29, 1.82) is 0 Å². The van der Waals surface area contributed by atoms with Crippen molar-refractivity contribution in [2.45, 2.75) is 13.2 Å². The molecule has 0 fully saturated rings. The van der Waals surface area contributed by atoms with E-state index in [1.54, 1.807) is 0 Å². The number of carbonyl (C=O) groups excluding carboxylic acids is 1. The quantitative estimate of drug-likeness (QED) is 0.697. The van der Waals surface area contributed by atoms with Crippen LogP contribution in [-0.4, -0.2) is 11.0 Å². The Balaban J connectivity index is 2.66. The second-order valence-electron chi connectivity index (χ2n) is 2.85. The van der Waals surface area contributed by atoms with Crippen molar-refractivity contribution in [3.8, 4) is 0 Å². The molecule has 0 aliphatic carbocycles. The van der Waals surface area contributed by atoms with Crippen LogP contribution in [-0.2, 0) is 17.9 Å². The summed E-state index contributed by atoms with van der Waals surface area (Å²) >= 11 is 0. The van der Waals surface area contributed by atoms with Gasteiger partial charge in [-0.2, -0.15) is 0 Å². The van der Waals surface area contributed by atoms with E-state index in [0.717, 1.165) is 11.1 Å². The van der Waals surface area contributed by atoms with E-state index < -0.39 is 0 Å². The van der Waals surface area contributed by atoms with Crippen LogP contribution in [0.25, 0.3) is 0 Å². The highest BCUT2D eigenvalue weighted by Crippen LogP contribution is 2.07. The normalized spacial score (nSPS) is 9.50. The van der Waals surface area contributed by atoms with E-state index in [1.807, 2.05) is 24.3 Å². The van der Waals surface area contributed by atoms with Crippen molar-refractivity contribution in [1.82, 2.24) is 5.32 Å². The van der Waals surface area contributed by atoms with Gasteiger partial charge in [-0.3, -0.25) is 4.79 Å². The lowest BCUT2D eigenvalue weighted by atomic mass is 10.1. The first-order chi connectivity index (χ1) is 6.77. The highest BCUT2D eigenvalue weighted by molar-refractivity contribution is 5.86. The molecule has 1 aromatic rings. The molecule has 0 radical (unpaired) electrons. The predicted molar refractivity (Wildman–Crippen MR) is 54.4 cm³/mol. The van der Waals surface area contributed by atoms with Gasteiger partial charge in [-0.15, -0.1) is 0 Å². The van der Waals surface area contributed by atoms with Crippen LogP contribution >= 0.6 is 0 Å². The molecular formula is C11H13NO2. The van der Waals surface area contributed by atoms with E-state index in [2.05, 4.69) is 11.9 Å². The molecule has 0 bridgehead atoms. The number of hydrogen-bond donors (Lipinski definition) is 2. The van der Waals surface area contributed by atoms with Crippen molar-refractivity contribution in [3.05, 3.63) is 48.0 Å². The molecule has 0 aliphatic rings. The lowest BCUT2D eigenvalue weighted by Crippen LogP contribution is -2.20. The maximum atomic E-state index is 10.9. The maximum Gasteiger partial charge on any atom is 0.243 e. The topological polar surface area (TPSA) is 49.3 Å². The van der Waals surface area contributed by atoms with Gasteiger partial charge in [0.25, 0.3) is 0 Å². The third kappa shape index (κ3) is 2.71. The summed E-state index contributed by atoms with van der Waals surface area (Å²) in [6.45, 7) is 3.76. The molecule has 74 valence electrons. The molecule has 0 saturated carbocycles. The molecule has 2 N–H and O–H groups in total. The maximum absolute atomic E-state index is 10.9. The molecule has 0 aliphatic heterocycles. The van der Waals surface area contributed by atoms with Gasteiger partial charge in [0.15, 0.2) is 0 Å². The van der Waals surface area contributed by atoms with Crippen LogP contribution in [0.2, 0.25) is 0 Å². The molecule has 1 aromatic carbocycles. The first kappa shape index (κ1) is 10.5. The van der Waals surface area contributed by atoms with E-state index >= 15 is 0 Å². The number of aliphatic hydroxyl groups is 1. The molecule has 0 saturated heterocycles. The first-order valence-electron chi connectivity index (χ1n) is 4.36. The van der Waals surface area contributed by atoms with Gasteiger partial charge in [-0.25, -0.2) is 0 Å². The first-order valence-corrected chi connectivity index (χ1v) is 4.36. The monoisotopic (exact) mass is 191 g/mol. The van der Waals surface area contributed by atoms with Crippen LogP contribution in [0.5, 0.6) is 0 Å². The third-order valence-electron chi connectivity index (χ3n) is 1.93. The summed E-state index contributed by atoms with van der Waals surface area (Å²) in [5, 5.41) is 11.7. The Kier molecular flexibility index (Phi) is 3.88. The number of aliphatic hydroxyl groups excluding tert-OH is 1. The number of rotatable bonds is 4. The van der Waals surface area contributed by atoms with Crippen molar-refractivity contribution >= 4 is 5.91 Å². The molecule has 3 heteroatoms. The minimum atomic E-state index is -0.210. The minimum Gasteiger partial charge on any atom is -0.392 e. The van der Waals surface area contributed by atoms with E-state index in [1.165, 1.54) is 6.08 Å². The number of amides is 1. The smallest absolute Gasteiger partial charge is 0.243 e. The fourth-order valence-electron chi connectivity index (χ4n) is 1.14. The van der Waals surface area contributed by atoms with Crippen LogP contribution in [0.1, 0.15) is 11.1 Å². The van der Waals surface area contributed by atoms with Crippen LogP contribution < -0.4 is 5.32 Å². The van der Waals surface area contributed by atoms with E-state index in [-0.39, 0.29) is 12.5 Å². The second kappa shape index (κ2) is 5.19. The molecule has 14 heavy (non-hydrogen) atoms. The standard InChI is InChI=1S/C11H13NO2/c1-2-11(14)12-7-9-5-3-4-6-10(9)8-13/h2-6,13H,1,7-8H2,(H,12,14). The van der Waals surface area contributed by atoms with Crippen molar-refractivity contribution in [3.63, 3.8) is 0 Å². The zero-order valence-electron chi connectivity index (χ0n) is 7.86. The molecule has 0 spiro atoms. The second-order valence-corrected chi connectivity index (χ2v) is 2.85. The van der Waals surface area contributed by atoms with Crippen LogP contribution in [0.4, 0.5) is 0 Å². The molecule has 3 nitrogen and oxygen atoms in total. The Morgan fingerprint density at radius 1 is 1.43 bits per heavy atom. The van der Waals surface area contributed by atoms with Gasteiger partial charge in [0, 0.05) is 6.54 Å². The van der Waals surface area contributed by atoms with E-state index in [4.69, 9.17) is 5.11 Å². The Labute approximate surface area is 83.1 Å². The summed E-state index contributed by atoms with van der Waals surface area (Å²) in [4.78, 5) is 10.9. The number of carbonyl (C=O) groups is 1. The van der Waals surface area contributed by atoms with E-state index in [9.17, 15) is 4.79 Å². The van der Waals surface area contributed by atoms with E-state index in [0.29, 0.717) is 6.54 Å². The van der Waals surface area contributed by atoms with Crippen molar-refractivity contribution in [2.24, 2.45) is 0 Å². The predicted octanol–water partition coefficient (Wildman–Crippen LogP) is 0.981. The number of hydrogen-bond acceptors (Lipinski definition) is 2. The molecular weight excluding hydrogens is 178 g/mol. The largest absolute Gasteiger partial charge is 0.392 e. The summed E-state index contributed by atoms with van der Waals surface area (Å²) in [6, 6.07) is 7.42. The van der Waals surface area contributed by atoms with Gasteiger partial charge in [-0.05, 0) is 17.2 Å². The minimum absolute atomic E-state index is 0.0138. The van der Waals surface area contributed by atoms with Gasteiger partial charge >= 0.3 is 0 Å². The van der Waals surface area contributed by atoms with Crippen LogP contribution in [0, 0.1) is 0 Å². The highest BCUT2D eigenvalue weighted by Gasteiger charge is 2.00. The number of nitrogens with one attached hydrogen (secondary N) is 1. The Hall–Kier alpha value is -1.61. The number of benzene rings is 1. The summed E-state index contributed by atoms with van der Waals surface area (Å²) in [6.07, 6.45) is 1.22. The van der Waals surface area contributed by atoms with Gasteiger partial charge in [0.2, 0.25) is 5.91 Å². The van der Waals surface area contributed by atoms with Gasteiger partial charge in [0.05, 0.1) is 6.61 Å². The lowest BCUT2D eigenvalue weighted by molar-refractivity contribution is -0.116. The molecule has 1 rings (SSSR count). The highest BCUT2D eigenvalue weighted by atomic mass is 16.3. The van der Waals surface area contributed by atoms with Crippen LogP contribution in [0.3, 0.4) is 0 Å². The molecule has 0 unspecified atom stereocenters.